The molecule has 0 spiro atoms. The molecule has 0 aliphatic carbocycles. The van der Waals surface area contributed by atoms with Crippen molar-refractivity contribution in [3.63, 3.8) is 0 Å². The standard InChI is InChI=1S/C25H26N4O3/c1-15-7-5-6-8-19(15)23-26-24(32-27-23)22-14-29(11-12-31-22)25(30)18-9-10-21-20(13-18)16(2)17(3)28(21)4/h5-10,13,22H,11-12,14H2,1-4H3/t22-/m0/s1. The number of aryl methyl sites for hydroxylation is 3. The highest BCUT2D eigenvalue weighted by Crippen LogP contribution is 2.28. The predicted octanol–water partition coefficient (Wildman–Crippen LogP) is 4.37. The summed E-state index contributed by atoms with van der Waals surface area (Å²) in [4.78, 5) is 19.6. The number of fused-ring (bicyclic) bond motifs is 1. The van der Waals surface area contributed by atoms with Gasteiger partial charge >= 0.3 is 0 Å². The summed E-state index contributed by atoms with van der Waals surface area (Å²) in [6.45, 7) is 7.52. The van der Waals surface area contributed by atoms with E-state index >= 15 is 0 Å². The van der Waals surface area contributed by atoms with Gasteiger partial charge in [0, 0.05) is 41.3 Å². The van der Waals surface area contributed by atoms with Gasteiger partial charge in [0.05, 0.1) is 13.2 Å². The van der Waals surface area contributed by atoms with E-state index in [1.54, 1.807) is 4.90 Å². The molecule has 7 nitrogen and oxygen atoms in total. The predicted molar refractivity (Wildman–Crippen MR) is 121 cm³/mol. The molecular weight excluding hydrogens is 404 g/mol. The van der Waals surface area contributed by atoms with Gasteiger partial charge < -0.3 is 18.7 Å². The fraction of sp³-hybridized carbons (Fsp3) is 0.320. The van der Waals surface area contributed by atoms with Crippen LogP contribution in [0.5, 0.6) is 0 Å². The molecule has 2 aromatic heterocycles. The van der Waals surface area contributed by atoms with Crippen LogP contribution in [0.4, 0.5) is 0 Å². The Balaban J connectivity index is 1.37. The average Bonchev–Trinajstić information content (AvgIpc) is 3.39. The summed E-state index contributed by atoms with van der Waals surface area (Å²) in [6.07, 6.45) is -0.442. The zero-order valence-electron chi connectivity index (χ0n) is 18.8. The molecule has 1 fully saturated rings. The first-order chi connectivity index (χ1) is 15.4. The van der Waals surface area contributed by atoms with E-state index in [0.717, 1.165) is 22.0 Å². The molecule has 1 saturated heterocycles. The second-order valence-corrected chi connectivity index (χ2v) is 8.38. The topological polar surface area (TPSA) is 73.4 Å². The van der Waals surface area contributed by atoms with Gasteiger partial charge in [-0.25, -0.2) is 0 Å². The van der Waals surface area contributed by atoms with Crippen LogP contribution in [0.15, 0.2) is 47.0 Å². The molecule has 164 valence electrons. The Kier molecular flexibility index (Phi) is 5.06. The van der Waals surface area contributed by atoms with Crippen LogP contribution >= 0.6 is 0 Å². The van der Waals surface area contributed by atoms with E-state index in [2.05, 4.69) is 28.6 Å². The van der Waals surface area contributed by atoms with Gasteiger partial charge in [0.1, 0.15) is 0 Å². The SMILES string of the molecule is Cc1ccccc1-c1noc([C@@H]2CN(C(=O)c3ccc4c(c3)c(C)c(C)n4C)CCO2)n1. The number of aromatic nitrogens is 3. The van der Waals surface area contributed by atoms with E-state index < -0.39 is 6.10 Å². The van der Waals surface area contributed by atoms with Crippen molar-refractivity contribution >= 4 is 16.8 Å². The van der Waals surface area contributed by atoms with Gasteiger partial charge in [-0.05, 0) is 50.1 Å². The molecule has 1 atom stereocenters. The van der Waals surface area contributed by atoms with Gasteiger partial charge in [0.15, 0.2) is 6.10 Å². The first-order valence-corrected chi connectivity index (χ1v) is 10.8. The van der Waals surface area contributed by atoms with Crippen LogP contribution in [-0.4, -0.2) is 45.2 Å². The second-order valence-electron chi connectivity index (χ2n) is 8.38. The third kappa shape index (κ3) is 3.39. The lowest BCUT2D eigenvalue weighted by Gasteiger charge is -2.31. The molecule has 4 aromatic rings. The van der Waals surface area contributed by atoms with Crippen molar-refractivity contribution in [2.45, 2.75) is 26.9 Å². The average molecular weight is 431 g/mol. The molecule has 3 heterocycles. The molecule has 32 heavy (non-hydrogen) atoms. The third-order valence-corrected chi connectivity index (χ3v) is 6.51. The Morgan fingerprint density at radius 2 is 1.94 bits per heavy atom. The largest absolute Gasteiger partial charge is 0.365 e. The third-order valence-electron chi connectivity index (χ3n) is 6.51. The van der Waals surface area contributed by atoms with Crippen molar-refractivity contribution in [3.05, 3.63) is 70.7 Å². The lowest BCUT2D eigenvalue weighted by molar-refractivity contribution is -0.0367. The number of rotatable bonds is 3. The summed E-state index contributed by atoms with van der Waals surface area (Å²) in [6, 6.07) is 13.8. The van der Waals surface area contributed by atoms with E-state index in [9.17, 15) is 4.79 Å². The Bertz CT molecular complexity index is 1320. The van der Waals surface area contributed by atoms with Gasteiger partial charge in [-0.3, -0.25) is 4.79 Å². The highest BCUT2D eigenvalue weighted by molar-refractivity contribution is 5.99. The van der Waals surface area contributed by atoms with Crippen LogP contribution in [0.2, 0.25) is 0 Å². The normalized spacial score (nSPS) is 16.6. The van der Waals surface area contributed by atoms with E-state index in [1.165, 1.54) is 11.3 Å². The smallest absolute Gasteiger partial charge is 0.257 e. The molecule has 2 aromatic carbocycles. The number of ether oxygens (including phenoxy) is 1. The van der Waals surface area contributed by atoms with E-state index in [0.29, 0.717) is 37.0 Å². The van der Waals surface area contributed by atoms with Gasteiger partial charge in [0.25, 0.3) is 11.8 Å². The molecule has 1 aliphatic rings. The van der Waals surface area contributed by atoms with Crippen LogP contribution in [-0.2, 0) is 11.8 Å². The maximum absolute atomic E-state index is 13.3. The number of carbonyl (C=O) groups excluding carboxylic acids is 1. The summed E-state index contributed by atoms with van der Waals surface area (Å²) in [5.41, 5.74) is 6.21. The molecule has 0 unspecified atom stereocenters. The number of hydrogen-bond donors (Lipinski definition) is 0. The van der Waals surface area contributed by atoms with Crippen molar-refractivity contribution in [1.29, 1.82) is 0 Å². The van der Waals surface area contributed by atoms with Gasteiger partial charge in [0.2, 0.25) is 5.82 Å². The quantitative estimate of drug-likeness (QED) is 0.483. The summed E-state index contributed by atoms with van der Waals surface area (Å²) in [5.74, 6) is 0.913. The first-order valence-electron chi connectivity index (χ1n) is 10.8. The van der Waals surface area contributed by atoms with Crippen LogP contribution in [0, 0.1) is 20.8 Å². The number of benzene rings is 2. The Morgan fingerprint density at radius 1 is 1.12 bits per heavy atom. The van der Waals surface area contributed by atoms with Gasteiger partial charge in [-0.2, -0.15) is 4.98 Å². The minimum absolute atomic E-state index is 0.0141. The lowest BCUT2D eigenvalue weighted by atomic mass is 10.1. The van der Waals surface area contributed by atoms with Crippen LogP contribution in [0.1, 0.15) is 39.2 Å². The van der Waals surface area contributed by atoms with E-state index in [-0.39, 0.29) is 5.91 Å². The van der Waals surface area contributed by atoms with Crippen molar-refractivity contribution in [3.8, 4) is 11.4 Å². The fourth-order valence-corrected chi connectivity index (χ4v) is 4.35. The Labute approximate surface area is 186 Å². The van der Waals surface area contributed by atoms with Crippen LogP contribution < -0.4 is 0 Å². The molecule has 1 aliphatic heterocycles. The zero-order valence-corrected chi connectivity index (χ0v) is 18.8. The highest BCUT2D eigenvalue weighted by atomic mass is 16.5. The lowest BCUT2D eigenvalue weighted by Crippen LogP contribution is -2.42. The molecule has 0 saturated carbocycles. The zero-order chi connectivity index (χ0) is 22.4. The van der Waals surface area contributed by atoms with Gasteiger partial charge in [-0.1, -0.05) is 29.4 Å². The number of amides is 1. The molecule has 0 radical (unpaired) electrons. The van der Waals surface area contributed by atoms with Crippen LogP contribution in [0.25, 0.3) is 22.3 Å². The van der Waals surface area contributed by atoms with Crippen molar-refractivity contribution in [1.82, 2.24) is 19.6 Å². The number of nitrogens with zero attached hydrogens (tertiary/aromatic N) is 4. The second kappa shape index (κ2) is 7.91. The van der Waals surface area contributed by atoms with Crippen molar-refractivity contribution in [2.75, 3.05) is 19.7 Å². The van der Waals surface area contributed by atoms with E-state index in [4.69, 9.17) is 9.26 Å². The Morgan fingerprint density at radius 3 is 2.75 bits per heavy atom. The van der Waals surface area contributed by atoms with Gasteiger partial charge in [-0.15, -0.1) is 0 Å². The molecule has 0 bridgehead atoms. The number of morpholine rings is 1. The summed E-state index contributed by atoms with van der Waals surface area (Å²) in [5, 5.41) is 5.24. The fourth-order valence-electron chi connectivity index (χ4n) is 4.35. The van der Waals surface area contributed by atoms with Crippen molar-refractivity contribution < 1.29 is 14.1 Å². The van der Waals surface area contributed by atoms with Crippen LogP contribution in [0.3, 0.4) is 0 Å². The minimum Gasteiger partial charge on any atom is -0.365 e. The molecule has 1 amide bonds. The monoisotopic (exact) mass is 430 g/mol. The number of carbonyl (C=O) groups is 1. The summed E-state index contributed by atoms with van der Waals surface area (Å²) >= 11 is 0. The maximum atomic E-state index is 13.3. The molecule has 0 N–H and O–H groups in total. The molecular formula is C25H26N4O3. The molecule has 5 rings (SSSR count). The maximum Gasteiger partial charge on any atom is 0.257 e. The minimum atomic E-state index is -0.442. The Hall–Kier alpha value is -3.45. The first kappa shape index (κ1) is 20.5. The molecule has 7 heteroatoms. The number of hydrogen-bond acceptors (Lipinski definition) is 5. The summed E-state index contributed by atoms with van der Waals surface area (Å²) < 4.78 is 13.5. The summed E-state index contributed by atoms with van der Waals surface area (Å²) in [7, 11) is 2.05. The highest BCUT2D eigenvalue weighted by Gasteiger charge is 2.30. The van der Waals surface area contributed by atoms with Crippen molar-refractivity contribution in [2.24, 2.45) is 7.05 Å². The van der Waals surface area contributed by atoms with E-state index in [1.807, 2.05) is 56.4 Å².